The second-order valence-electron chi connectivity index (χ2n) is 5.28. The van der Waals surface area contributed by atoms with E-state index in [2.05, 4.69) is 11.4 Å². The molecule has 100 valence electrons. The number of ether oxygens (including phenoxy) is 1. The van der Waals surface area contributed by atoms with Crippen LogP contribution >= 0.6 is 0 Å². The summed E-state index contributed by atoms with van der Waals surface area (Å²) >= 11 is 0. The van der Waals surface area contributed by atoms with E-state index in [-0.39, 0.29) is 5.91 Å². The summed E-state index contributed by atoms with van der Waals surface area (Å²) in [6, 6.07) is 8.13. The van der Waals surface area contributed by atoms with Crippen LogP contribution in [-0.2, 0) is 17.6 Å². The fraction of sp³-hybridized carbons (Fsp3) is 0.467. The van der Waals surface area contributed by atoms with Gasteiger partial charge in [0.25, 0.3) is 0 Å². The quantitative estimate of drug-likeness (QED) is 0.896. The molecule has 0 spiro atoms. The molecule has 1 amide bonds. The maximum Gasteiger partial charge on any atom is 0.239 e. The molecule has 0 radical (unpaired) electrons. The fourth-order valence-corrected chi connectivity index (χ4v) is 1.99. The minimum atomic E-state index is -0.966. The molecule has 0 saturated heterocycles. The summed E-state index contributed by atoms with van der Waals surface area (Å²) in [5.41, 5.74) is 1.45. The third kappa shape index (κ3) is 3.05. The summed E-state index contributed by atoms with van der Waals surface area (Å²) in [4.78, 5) is 11.7. The van der Waals surface area contributed by atoms with Crippen molar-refractivity contribution in [3.63, 3.8) is 0 Å². The van der Waals surface area contributed by atoms with E-state index in [4.69, 9.17) is 10.00 Å². The Morgan fingerprint density at radius 2 is 2.32 bits per heavy atom. The molecule has 1 aromatic carbocycles. The van der Waals surface area contributed by atoms with Gasteiger partial charge < -0.3 is 10.1 Å². The third-order valence-corrected chi connectivity index (χ3v) is 3.30. The molecule has 1 heterocycles. The van der Waals surface area contributed by atoms with Crippen LogP contribution in [0.3, 0.4) is 0 Å². The van der Waals surface area contributed by atoms with E-state index in [0.29, 0.717) is 6.54 Å². The highest BCUT2D eigenvalue weighted by atomic mass is 16.5. The van der Waals surface area contributed by atoms with Gasteiger partial charge in [0.1, 0.15) is 11.2 Å². The van der Waals surface area contributed by atoms with Crippen molar-refractivity contribution >= 4 is 5.91 Å². The van der Waals surface area contributed by atoms with Crippen molar-refractivity contribution < 1.29 is 9.53 Å². The van der Waals surface area contributed by atoms with E-state index < -0.39 is 5.41 Å². The topological polar surface area (TPSA) is 62.1 Å². The van der Waals surface area contributed by atoms with Crippen molar-refractivity contribution in [1.82, 2.24) is 5.32 Å². The first-order chi connectivity index (χ1) is 9.03. The predicted octanol–water partition coefficient (Wildman–Crippen LogP) is 1.83. The maximum atomic E-state index is 11.7. The number of nitrogens with zero attached hydrogens (tertiary/aromatic N) is 1. The van der Waals surface area contributed by atoms with Crippen LogP contribution in [0.2, 0.25) is 0 Å². The average molecular weight is 258 g/mol. The van der Waals surface area contributed by atoms with Gasteiger partial charge in [-0.05, 0) is 37.5 Å². The van der Waals surface area contributed by atoms with Gasteiger partial charge in [-0.2, -0.15) is 5.26 Å². The largest absolute Gasteiger partial charge is 0.493 e. The molecule has 0 fully saturated rings. The van der Waals surface area contributed by atoms with Gasteiger partial charge in [0, 0.05) is 13.0 Å². The molecule has 0 aliphatic carbocycles. The molecule has 19 heavy (non-hydrogen) atoms. The SMILES string of the molecule is CC(C)(C#N)C(=O)NCCc1ccc2c(c1)CCO2. The number of carbonyl (C=O) groups excluding carboxylic acids is 1. The zero-order valence-corrected chi connectivity index (χ0v) is 11.3. The molecule has 0 atom stereocenters. The van der Waals surface area contributed by atoms with Crippen LogP contribution in [0.4, 0.5) is 0 Å². The van der Waals surface area contributed by atoms with E-state index >= 15 is 0 Å². The normalized spacial score (nSPS) is 13.3. The second-order valence-corrected chi connectivity index (χ2v) is 5.28. The van der Waals surface area contributed by atoms with Crippen molar-refractivity contribution in [2.24, 2.45) is 5.41 Å². The van der Waals surface area contributed by atoms with Gasteiger partial charge in [0.15, 0.2) is 0 Å². The molecule has 0 saturated carbocycles. The highest BCUT2D eigenvalue weighted by Crippen LogP contribution is 2.25. The molecule has 0 unspecified atom stereocenters. The zero-order chi connectivity index (χ0) is 13.9. The van der Waals surface area contributed by atoms with Gasteiger partial charge in [-0.25, -0.2) is 0 Å². The summed E-state index contributed by atoms with van der Waals surface area (Å²) in [6.07, 6.45) is 1.72. The molecule has 4 nitrogen and oxygen atoms in total. The Balaban J connectivity index is 1.87. The van der Waals surface area contributed by atoms with Crippen molar-refractivity contribution in [3.05, 3.63) is 29.3 Å². The van der Waals surface area contributed by atoms with Crippen molar-refractivity contribution in [3.8, 4) is 11.8 Å². The van der Waals surface area contributed by atoms with Crippen molar-refractivity contribution in [1.29, 1.82) is 5.26 Å². The molecule has 2 rings (SSSR count). The number of carbonyl (C=O) groups is 1. The summed E-state index contributed by atoms with van der Waals surface area (Å²) in [6.45, 7) is 4.54. The average Bonchev–Trinajstić information content (AvgIpc) is 2.86. The van der Waals surface area contributed by atoms with Crippen LogP contribution in [0, 0.1) is 16.7 Å². The Morgan fingerprint density at radius 3 is 3.05 bits per heavy atom. The maximum absolute atomic E-state index is 11.7. The number of hydrogen-bond donors (Lipinski definition) is 1. The van der Waals surface area contributed by atoms with E-state index in [1.165, 1.54) is 11.1 Å². The number of nitrogens with one attached hydrogen (secondary N) is 1. The highest BCUT2D eigenvalue weighted by molar-refractivity contribution is 5.84. The smallest absolute Gasteiger partial charge is 0.239 e. The van der Waals surface area contributed by atoms with E-state index in [0.717, 1.165) is 25.2 Å². The Morgan fingerprint density at radius 1 is 1.53 bits per heavy atom. The Labute approximate surface area is 113 Å². The van der Waals surface area contributed by atoms with E-state index in [1.54, 1.807) is 13.8 Å². The summed E-state index contributed by atoms with van der Waals surface area (Å²) in [7, 11) is 0. The molecule has 1 aromatic rings. The minimum absolute atomic E-state index is 0.223. The van der Waals surface area contributed by atoms with E-state index in [9.17, 15) is 4.79 Å². The van der Waals surface area contributed by atoms with Gasteiger partial charge in [-0.3, -0.25) is 4.79 Å². The lowest BCUT2D eigenvalue weighted by Gasteiger charge is -2.15. The summed E-state index contributed by atoms with van der Waals surface area (Å²) in [5, 5.41) is 11.7. The highest BCUT2D eigenvalue weighted by Gasteiger charge is 2.26. The lowest BCUT2D eigenvalue weighted by atomic mass is 9.94. The Kier molecular flexibility index (Phi) is 3.75. The van der Waals surface area contributed by atoms with Crippen molar-refractivity contribution in [2.45, 2.75) is 26.7 Å². The Hall–Kier alpha value is -2.02. The lowest BCUT2D eigenvalue weighted by Crippen LogP contribution is -2.36. The first-order valence-corrected chi connectivity index (χ1v) is 6.47. The van der Waals surface area contributed by atoms with Crippen LogP contribution in [-0.4, -0.2) is 19.1 Å². The number of rotatable bonds is 4. The van der Waals surface area contributed by atoms with Gasteiger partial charge in [0.05, 0.1) is 12.7 Å². The second kappa shape index (κ2) is 5.31. The lowest BCUT2D eigenvalue weighted by molar-refractivity contribution is -0.126. The molecular weight excluding hydrogens is 240 g/mol. The molecule has 1 aliphatic rings. The van der Waals surface area contributed by atoms with Gasteiger partial charge in [0.2, 0.25) is 5.91 Å². The molecule has 0 bridgehead atoms. The number of amides is 1. The number of fused-ring (bicyclic) bond motifs is 1. The fourth-order valence-electron chi connectivity index (χ4n) is 1.99. The van der Waals surface area contributed by atoms with Crippen LogP contribution in [0.5, 0.6) is 5.75 Å². The van der Waals surface area contributed by atoms with Crippen LogP contribution < -0.4 is 10.1 Å². The first kappa shape index (κ1) is 13.4. The minimum Gasteiger partial charge on any atom is -0.493 e. The van der Waals surface area contributed by atoms with Crippen molar-refractivity contribution in [2.75, 3.05) is 13.2 Å². The monoisotopic (exact) mass is 258 g/mol. The molecule has 0 aromatic heterocycles. The Bertz CT molecular complexity index is 529. The zero-order valence-electron chi connectivity index (χ0n) is 11.3. The van der Waals surface area contributed by atoms with E-state index in [1.807, 2.05) is 18.2 Å². The van der Waals surface area contributed by atoms with Gasteiger partial charge in [-0.1, -0.05) is 12.1 Å². The predicted molar refractivity (Wildman–Crippen MR) is 71.7 cm³/mol. The van der Waals surface area contributed by atoms with Crippen LogP contribution in [0.15, 0.2) is 18.2 Å². The molecular formula is C15H18N2O2. The standard InChI is InChI=1S/C15H18N2O2/c1-15(2,10-16)14(18)17-7-5-11-3-4-13-12(9-11)6-8-19-13/h3-4,9H,5-8H2,1-2H3,(H,17,18). The van der Waals surface area contributed by atoms with Gasteiger partial charge in [-0.15, -0.1) is 0 Å². The third-order valence-electron chi connectivity index (χ3n) is 3.30. The first-order valence-electron chi connectivity index (χ1n) is 6.47. The number of benzene rings is 1. The number of hydrogen-bond acceptors (Lipinski definition) is 3. The van der Waals surface area contributed by atoms with Gasteiger partial charge >= 0.3 is 0 Å². The molecule has 4 heteroatoms. The molecule has 1 aliphatic heterocycles. The van der Waals surface area contributed by atoms with Crippen LogP contribution in [0.25, 0.3) is 0 Å². The number of nitriles is 1. The summed E-state index contributed by atoms with van der Waals surface area (Å²) < 4.78 is 5.45. The molecule has 1 N–H and O–H groups in total. The van der Waals surface area contributed by atoms with Crippen LogP contribution in [0.1, 0.15) is 25.0 Å². The summed E-state index contributed by atoms with van der Waals surface area (Å²) in [5.74, 6) is 0.748.